The number of ether oxygens (including phenoxy) is 1. The molecule has 0 spiro atoms. The summed E-state index contributed by atoms with van der Waals surface area (Å²) in [6, 6.07) is 31.0. The zero-order chi connectivity index (χ0) is 30.2. The van der Waals surface area contributed by atoms with Gasteiger partial charge in [0.05, 0.1) is 0 Å². The molecule has 1 aliphatic rings. The summed E-state index contributed by atoms with van der Waals surface area (Å²) in [4.78, 5) is 40.6. The SMILES string of the molecule is CC1Nc2ccc(NC(=O)c3ccc(C(=NN)C(=O)OCc4ccccc4)cc3)cc2CN(CCc2ccccc2)C1=O. The van der Waals surface area contributed by atoms with E-state index in [9.17, 15) is 14.4 Å². The fourth-order valence-electron chi connectivity index (χ4n) is 4.91. The molecule has 0 saturated carbocycles. The number of nitrogens with zero attached hydrogens (tertiary/aromatic N) is 2. The second-order valence-electron chi connectivity index (χ2n) is 10.3. The van der Waals surface area contributed by atoms with Crippen LogP contribution >= 0.6 is 0 Å². The second-order valence-corrected chi connectivity index (χ2v) is 10.3. The Hall–Kier alpha value is -5.44. The molecule has 1 unspecified atom stereocenters. The summed E-state index contributed by atoms with van der Waals surface area (Å²) in [6.45, 7) is 2.97. The molecule has 4 aromatic rings. The van der Waals surface area contributed by atoms with Gasteiger partial charge >= 0.3 is 5.97 Å². The molecule has 1 aliphatic heterocycles. The van der Waals surface area contributed by atoms with E-state index in [4.69, 9.17) is 10.6 Å². The molecule has 0 bridgehead atoms. The van der Waals surface area contributed by atoms with Crippen LogP contribution in [0.25, 0.3) is 0 Å². The summed E-state index contributed by atoms with van der Waals surface area (Å²) in [6.07, 6.45) is 0.752. The van der Waals surface area contributed by atoms with Gasteiger partial charge in [0.2, 0.25) is 5.91 Å². The lowest BCUT2D eigenvalue weighted by Gasteiger charge is -2.23. The number of nitrogens with two attached hydrogens (primary N) is 1. The lowest BCUT2D eigenvalue weighted by molar-refractivity contribution is -0.136. The summed E-state index contributed by atoms with van der Waals surface area (Å²) >= 11 is 0. The van der Waals surface area contributed by atoms with E-state index in [-0.39, 0.29) is 30.2 Å². The Morgan fingerprint density at radius 2 is 1.58 bits per heavy atom. The van der Waals surface area contributed by atoms with Crippen LogP contribution in [0, 0.1) is 0 Å². The smallest absolute Gasteiger partial charge is 0.359 e. The van der Waals surface area contributed by atoms with E-state index in [1.54, 1.807) is 30.3 Å². The van der Waals surface area contributed by atoms with Gasteiger partial charge in [-0.2, -0.15) is 5.10 Å². The molecule has 43 heavy (non-hydrogen) atoms. The van der Waals surface area contributed by atoms with Crippen LogP contribution < -0.4 is 16.5 Å². The maximum Gasteiger partial charge on any atom is 0.359 e. The van der Waals surface area contributed by atoms with Crippen molar-refractivity contribution in [1.82, 2.24) is 4.90 Å². The van der Waals surface area contributed by atoms with E-state index in [1.165, 1.54) is 5.56 Å². The molecule has 218 valence electrons. The van der Waals surface area contributed by atoms with Crippen molar-refractivity contribution in [1.29, 1.82) is 0 Å². The van der Waals surface area contributed by atoms with Gasteiger partial charge in [-0.25, -0.2) is 4.79 Å². The van der Waals surface area contributed by atoms with E-state index in [2.05, 4.69) is 27.9 Å². The third-order valence-electron chi connectivity index (χ3n) is 7.25. The summed E-state index contributed by atoms with van der Waals surface area (Å²) < 4.78 is 5.35. The second kappa shape index (κ2) is 13.5. The number of amides is 2. The highest BCUT2D eigenvalue weighted by molar-refractivity contribution is 6.43. The van der Waals surface area contributed by atoms with Crippen molar-refractivity contribution in [3.63, 3.8) is 0 Å². The first-order valence-corrected chi connectivity index (χ1v) is 14.0. The van der Waals surface area contributed by atoms with E-state index in [0.29, 0.717) is 29.9 Å². The number of hydrogen-bond donors (Lipinski definition) is 3. The van der Waals surface area contributed by atoms with Crippen molar-refractivity contribution in [3.8, 4) is 0 Å². The minimum Gasteiger partial charge on any atom is -0.456 e. The predicted octanol–water partition coefficient (Wildman–Crippen LogP) is 4.73. The topological polar surface area (TPSA) is 126 Å². The maximum atomic E-state index is 13.1. The number of hydrazone groups is 1. The molecule has 5 rings (SSSR count). The molecule has 1 heterocycles. The quantitative estimate of drug-likeness (QED) is 0.115. The lowest BCUT2D eigenvalue weighted by Crippen LogP contribution is -2.39. The van der Waals surface area contributed by atoms with Crippen LogP contribution in [0.15, 0.2) is 108 Å². The molecular weight excluding hydrogens is 542 g/mol. The number of esters is 1. The largest absolute Gasteiger partial charge is 0.456 e. The van der Waals surface area contributed by atoms with Gasteiger partial charge in [-0.1, -0.05) is 72.8 Å². The Bertz CT molecular complexity index is 1620. The number of benzene rings is 4. The van der Waals surface area contributed by atoms with Gasteiger partial charge in [0, 0.05) is 35.6 Å². The maximum absolute atomic E-state index is 13.1. The van der Waals surface area contributed by atoms with Crippen LogP contribution in [0.4, 0.5) is 11.4 Å². The van der Waals surface area contributed by atoms with Crippen LogP contribution in [0.3, 0.4) is 0 Å². The molecule has 0 radical (unpaired) electrons. The number of hydrogen-bond acceptors (Lipinski definition) is 7. The number of carbonyl (C=O) groups is 3. The van der Waals surface area contributed by atoms with Gasteiger partial charge in [0.15, 0.2) is 5.71 Å². The van der Waals surface area contributed by atoms with Crippen LogP contribution in [0.1, 0.15) is 39.5 Å². The number of anilines is 2. The first kappa shape index (κ1) is 29.1. The van der Waals surface area contributed by atoms with Gasteiger partial charge in [0.1, 0.15) is 12.6 Å². The third kappa shape index (κ3) is 7.26. The normalized spacial score (nSPS) is 14.7. The van der Waals surface area contributed by atoms with Crippen LogP contribution in [-0.2, 0) is 33.9 Å². The molecule has 4 aromatic carbocycles. The van der Waals surface area contributed by atoms with Crippen molar-refractivity contribution >= 4 is 34.9 Å². The average Bonchev–Trinajstić information content (AvgIpc) is 3.15. The lowest BCUT2D eigenvalue weighted by atomic mass is 10.1. The number of nitrogens with one attached hydrogen (secondary N) is 2. The van der Waals surface area contributed by atoms with Crippen molar-refractivity contribution in [2.24, 2.45) is 10.9 Å². The fourth-order valence-corrected chi connectivity index (χ4v) is 4.91. The molecular formula is C34H33N5O4. The first-order valence-electron chi connectivity index (χ1n) is 14.0. The van der Waals surface area contributed by atoms with Crippen molar-refractivity contribution in [2.75, 3.05) is 17.2 Å². The van der Waals surface area contributed by atoms with Gasteiger partial charge in [-0.3, -0.25) is 9.59 Å². The highest BCUT2D eigenvalue weighted by atomic mass is 16.5. The Morgan fingerprint density at radius 3 is 2.26 bits per heavy atom. The summed E-state index contributed by atoms with van der Waals surface area (Å²) in [5.41, 5.74) is 5.17. The van der Waals surface area contributed by atoms with Gasteiger partial charge < -0.3 is 26.1 Å². The van der Waals surface area contributed by atoms with E-state index in [0.717, 1.165) is 23.2 Å². The molecule has 0 fully saturated rings. The highest BCUT2D eigenvalue weighted by Gasteiger charge is 2.26. The number of rotatable bonds is 9. The number of fused-ring (bicyclic) bond motifs is 1. The first-order chi connectivity index (χ1) is 20.9. The van der Waals surface area contributed by atoms with Crippen LogP contribution in [0.5, 0.6) is 0 Å². The van der Waals surface area contributed by atoms with Crippen molar-refractivity contribution in [3.05, 3.63) is 131 Å². The van der Waals surface area contributed by atoms with E-state index >= 15 is 0 Å². The number of carbonyl (C=O) groups excluding carboxylic acids is 3. The highest BCUT2D eigenvalue weighted by Crippen LogP contribution is 2.27. The predicted molar refractivity (Wildman–Crippen MR) is 166 cm³/mol. The van der Waals surface area contributed by atoms with Crippen molar-refractivity contribution < 1.29 is 19.1 Å². The zero-order valence-corrected chi connectivity index (χ0v) is 23.8. The van der Waals surface area contributed by atoms with Crippen molar-refractivity contribution in [2.45, 2.75) is 32.5 Å². The van der Waals surface area contributed by atoms with Gasteiger partial charge in [0.25, 0.3) is 5.91 Å². The third-order valence-corrected chi connectivity index (χ3v) is 7.25. The zero-order valence-electron chi connectivity index (χ0n) is 23.8. The van der Waals surface area contributed by atoms with Gasteiger partial charge in [-0.05, 0) is 60.4 Å². The average molecular weight is 576 g/mol. The molecule has 1 atom stereocenters. The van der Waals surface area contributed by atoms with E-state index in [1.807, 2.05) is 72.5 Å². The molecule has 9 nitrogen and oxygen atoms in total. The molecule has 0 saturated heterocycles. The van der Waals surface area contributed by atoms with Gasteiger partial charge in [-0.15, -0.1) is 0 Å². The Kier molecular flexibility index (Phi) is 9.11. The summed E-state index contributed by atoms with van der Waals surface area (Å²) in [7, 11) is 0. The molecule has 0 aliphatic carbocycles. The standard InChI is InChI=1S/C34H33N5O4/c1-23-33(41)39(19-18-24-8-4-2-5-9-24)21-28-20-29(16-17-30(28)36-23)37-32(40)27-14-12-26(13-15-27)31(38-35)34(42)43-22-25-10-6-3-7-11-25/h2-17,20,23,36H,18-19,21-22,35H2,1H3,(H,37,40). The molecule has 9 heteroatoms. The van der Waals surface area contributed by atoms with E-state index < -0.39 is 5.97 Å². The Balaban J connectivity index is 1.23. The Labute approximate surface area is 250 Å². The summed E-state index contributed by atoms with van der Waals surface area (Å²) in [5.74, 6) is 4.54. The summed E-state index contributed by atoms with van der Waals surface area (Å²) in [5, 5.41) is 9.85. The van der Waals surface area contributed by atoms with Crippen LogP contribution in [0.2, 0.25) is 0 Å². The monoisotopic (exact) mass is 575 g/mol. The minimum atomic E-state index is -0.659. The van der Waals surface area contributed by atoms with Crippen LogP contribution in [-0.4, -0.2) is 41.0 Å². The molecule has 2 amide bonds. The molecule has 0 aromatic heterocycles. The minimum absolute atomic E-state index is 0.0298. The molecule has 4 N–H and O–H groups in total. The Morgan fingerprint density at radius 1 is 0.930 bits per heavy atom. The fraction of sp³-hybridized carbons (Fsp3) is 0.176.